The minimum absolute atomic E-state index is 0.132. The zero-order chi connectivity index (χ0) is 13.3. The highest BCUT2D eigenvalue weighted by molar-refractivity contribution is 8.01. The van der Waals surface area contributed by atoms with Crippen LogP contribution in [0.2, 0.25) is 0 Å². The minimum atomic E-state index is -0.895. The number of nitrogens with one attached hydrogen (secondary N) is 1. The highest BCUT2D eigenvalue weighted by Crippen LogP contribution is 2.09. The summed E-state index contributed by atoms with van der Waals surface area (Å²) >= 11 is 1.12. The van der Waals surface area contributed by atoms with Gasteiger partial charge in [-0.1, -0.05) is 0 Å². The number of aliphatic carboxylic acids is 1. The fourth-order valence-electron chi connectivity index (χ4n) is 0.942. The SMILES string of the molecule is CC(C)OCCCNC(=O)CSC(C)C(=O)O. The molecule has 2 N–H and O–H groups in total. The van der Waals surface area contributed by atoms with E-state index in [0.717, 1.165) is 18.2 Å². The van der Waals surface area contributed by atoms with Crippen LogP contribution < -0.4 is 5.32 Å². The molecule has 0 aromatic rings. The number of amides is 1. The van der Waals surface area contributed by atoms with E-state index in [0.29, 0.717) is 13.2 Å². The lowest BCUT2D eigenvalue weighted by Gasteiger charge is -2.09. The van der Waals surface area contributed by atoms with Crippen LogP contribution in [0.3, 0.4) is 0 Å². The molecule has 0 bridgehead atoms. The lowest BCUT2D eigenvalue weighted by molar-refractivity contribution is -0.136. The number of thioether (sulfide) groups is 1. The number of carbonyl (C=O) groups excluding carboxylic acids is 1. The van der Waals surface area contributed by atoms with Gasteiger partial charge in [0.15, 0.2) is 0 Å². The molecule has 0 aromatic heterocycles. The Hall–Kier alpha value is -0.750. The van der Waals surface area contributed by atoms with Crippen molar-refractivity contribution in [2.24, 2.45) is 0 Å². The van der Waals surface area contributed by atoms with Gasteiger partial charge in [-0.05, 0) is 27.2 Å². The third-order valence-corrected chi connectivity index (χ3v) is 3.04. The Morgan fingerprint density at radius 1 is 1.35 bits per heavy atom. The number of carboxylic acid groups (broad SMARTS) is 1. The monoisotopic (exact) mass is 263 g/mol. The maximum atomic E-state index is 11.3. The molecule has 0 aliphatic heterocycles. The summed E-state index contributed by atoms with van der Waals surface area (Å²) in [5.41, 5.74) is 0. The topological polar surface area (TPSA) is 75.6 Å². The molecule has 17 heavy (non-hydrogen) atoms. The van der Waals surface area contributed by atoms with Crippen LogP contribution in [-0.4, -0.2) is 47.2 Å². The molecular weight excluding hydrogens is 242 g/mol. The molecule has 0 fully saturated rings. The molecule has 0 aliphatic carbocycles. The maximum Gasteiger partial charge on any atom is 0.316 e. The van der Waals surface area contributed by atoms with Crippen molar-refractivity contribution in [2.75, 3.05) is 18.9 Å². The summed E-state index contributed by atoms with van der Waals surface area (Å²) in [5.74, 6) is -0.848. The van der Waals surface area contributed by atoms with E-state index in [1.807, 2.05) is 13.8 Å². The van der Waals surface area contributed by atoms with Crippen molar-refractivity contribution in [2.45, 2.75) is 38.5 Å². The van der Waals surface area contributed by atoms with Gasteiger partial charge in [0.25, 0.3) is 0 Å². The first-order chi connectivity index (χ1) is 7.93. The second-order valence-electron chi connectivity index (χ2n) is 3.91. The second-order valence-corrected chi connectivity index (χ2v) is 5.24. The average Bonchev–Trinajstić information content (AvgIpc) is 2.24. The molecule has 1 atom stereocenters. The van der Waals surface area contributed by atoms with Gasteiger partial charge in [-0.3, -0.25) is 9.59 Å². The molecule has 100 valence electrons. The van der Waals surface area contributed by atoms with Gasteiger partial charge >= 0.3 is 5.97 Å². The van der Waals surface area contributed by atoms with E-state index < -0.39 is 11.2 Å². The van der Waals surface area contributed by atoms with Crippen LogP contribution in [-0.2, 0) is 14.3 Å². The summed E-state index contributed by atoms with van der Waals surface area (Å²) < 4.78 is 5.32. The first-order valence-corrected chi connectivity index (χ1v) is 6.71. The molecule has 5 nitrogen and oxygen atoms in total. The molecule has 0 saturated carbocycles. The number of carbonyl (C=O) groups is 2. The Morgan fingerprint density at radius 3 is 2.53 bits per heavy atom. The van der Waals surface area contributed by atoms with Crippen LogP contribution in [0.25, 0.3) is 0 Å². The Balaban J connectivity index is 3.44. The van der Waals surface area contributed by atoms with Crippen molar-refractivity contribution in [3.05, 3.63) is 0 Å². The van der Waals surface area contributed by atoms with E-state index in [1.165, 1.54) is 0 Å². The van der Waals surface area contributed by atoms with Crippen molar-refractivity contribution in [3.8, 4) is 0 Å². The van der Waals surface area contributed by atoms with Crippen LogP contribution in [0.15, 0.2) is 0 Å². The zero-order valence-corrected chi connectivity index (χ0v) is 11.4. The van der Waals surface area contributed by atoms with Crippen LogP contribution in [0.1, 0.15) is 27.2 Å². The normalized spacial score (nSPS) is 12.5. The van der Waals surface area contributed by atoms with Crippen molar-refractivity contribution in [3.63, 3.8) is 0 Å². The molecule has 1 unspecified atom stereocenters. The first-order valence-electron chi connectivity index (χ1n) is 5.66. The first kappa shape index (κ1) is 16.2. The van der Waals surface area contributed by atoms with Crippen molar-refractivity contribution >= 4 is 23.6 Å². The van der Waals surface area contributed by atoms with Gasteiger partial charge in [-0.2, -0.15) is 0 Å². The molecule has 6 heteroatoms. The van der Waals surface area contributed by atoms with Gasteiger partial charge in [0.1, 0.15) is 0 Å². The van der Waals surface area contributed by atoms with Gasteiger partial charge in [-0.25, -0.2) is 0 Å². The number of ether oxygens (including phenoxy) is 1. The molecule has 0 saturated heterocycles. The average molecular weight is 263 g/mol. The van der Waals surface area contributed by atoms with E-state index in [9.17, 15) is 9.59 Å². The summed E-state index contributed by atoms with van der Waals surface area (Å²) in [6.45, 7) is 6.67. The van der Waals surface area contributed by atoms with Crippen LogP contribution in [0.4, 0.5) is 0 Å². The van der Waals surface area contributed by atoms with E-state index >= 15 is 0 Å². The highest BCUT2D eigenvalue weighted by Gasteiger charge is 2.12. The number of hydrogen-bond donors (Lipinski definition) is 2. The summed E-state index contributed by atoms with van der Waals surface area (Å²) in [4.78, 5) is 21.8. The Kier molecular flexibility index (Phi) is 8.89. The summed E-state index contributed by atoms with van der Waals surface area (Å²) in [6, 6.07) is 0. The highest BCUT2D eigenvalue weighted by atomic mass is 32.2. The summed E-state index contributed by atoms with van der Waals surface area (Å²) in [5, 5.41) is 10.8. The molecular formula is C11H21NO4S. The summed E-state index contributed by atoms with van der Waals surface area (Å²) in [6.07, 6.45) is 0.973. The largest absolute Gasteiger partial charge is 0.480 e. The third-order valence-electron chi connectivity index (χ3n) is 1.91. The molecule has 0 heterocycles. The third kappa shape index (κ3) is 10.1. The lowest BCUT2D eigenvalue weighted by Crippen LogP contribution is -2.28. The van der Waals surface area contributed by atoms with Gasteiger partial charge in [0, 0.05) is 13.2 Å². The zero-order valence-electron chi connectivity index (χ0n) is 10.6. The number of hydrogen-bond acceptors (Lipinski definition) is 4. The minimum Gasteiger partial charge on any atom is -0.480 e. The standard InChI is InChI=1S/C11H21NO4S/c1-8(2)16-6-4-5-12-10(13)7-17-9(3)11(14)15/h8-9H,4-7H2,1-3H3,(H,12,13)(H,14,15). The van der Waals surface area contributed by atoms with Gasteiger partial charge in [0.2, 0.25) is 5.91 Å². The van der Waals surface area contributed by atoms with Crippen LogP contribution in [0.5, 0.6) is 0 Å². The maximum absolute atomic E-state index is 11.3. The number of rotatable bonds is 9. The lowest BCUT2D eigenvalue weighted by atomic mass is 10.4. The Morgan fingerprint density at radius 2 is 2.00 bits per heavy atom. The fourth-order valence-corrected chi connectivity index (χ4v) is 1.59. The molecule has 0 aliphatic rings. The predicted molar refractivity (Wildman–Crippen MR) is 68.3 cm³/mol. The van der Waals surface area contributed by atoms with Crippen molar-refractivity contribution < 1.29 is 19.4 Å². The molecule has 0 radical (unpaired) electrons. The molecule has 0 rings (SSSR count). The van der Waals surface area contributed by atoms with Crippen LogP contribution >= 0.6 is 11.8 Å². The molecule has 0 spiro atoms. The van der Waals surface area contributed by atoms with Crippen molar-refractivity contribution in [1.29, 1.82) is 0 Å². The van der Waals surface area contributed by atoms with Crippen molar-refractivity contribution in [1.82, 2.24) is 5.32 Å². The Labute approximate surface area is 106 Å². The second kappa shape index (κ2) is 9.30. The van der Waals surface area contributed by atoms with E-state index in [1.54, 1.807) is 6.92 Å². The molecule has 0 aromatic carbocycles. The number of carboxylic acids is 1. The Bertz CT molecular complexity index is 246. The van der Waals surface area contributed by atoms with E-state index in [4.69, 9.17) is 9.84 Å². The van der Waals surface area contributed by atoms with E-state index in [-0.39, 0.29) is 17.8 Å². The fraction of sp³-hybridized carbons (Fsp3) is 0.818. The predicted octanol–water partition coefficient (Wildman–Crippen LogP) is 1.12. The van der Waals surface area contributed by atoms with Gasteiger partial charge in [0.05, 0.1) is 17.1 Å². The van der Waals surface area contributed by atoms with E-state index in [2.05, 4.69) is 5.32 Å². The van der Waals surface area contributed by atoms with Crippen LogP contribution in [0, 0.1) is 0 Å². The quantitative estimate of drug-likeness (QED) is 0.610. The van der Waals surface area contributed by atoms with Gasteiger partial charge in [-0.15, -0.1) is 11.8 Å². The summed E-state index contributed by atoms with van der Waals surface area (Å²) in [7, 11) is 0. The molecule has 1 amide bonds. The van der Waals surface area contributed by atoms with Gasteiger partial charge < -0.3 is 15.2 Å². The smallest absolute Gasteiger partial charge is 0.316 e.